The number of aromatic nitrogens is 2. The molecule has 0 fully saturated rings. The van der Waals surface area contributed by atoms with Crippen molar-refractivity contribution in [1.82, 2.24) is 9.38 Å². The molecular weight excluding hydrogens is 356 g/mol. The van der Waals surface area contributed by atoms with E-state index in [1.807, 2.05) is 45.5 Å². The van der Waals surface area contributed by atoms with E-state index in [0.717, 1.165) is 33.1 Å². The molecule has 0 aliphatic rings. The summed E-state index contributed by atoms with van der Waals surface area (Å²) < 4.78 is 12.7. The summed E-state index contributed by atoms with van der Waals surface area (Å²) >= 11 is 3.06. The molecule has 0 unspecified atom stereocenters. The molecule has 3 aromatic heterocycles. The number of nitrogens with zero attached hydrogens (tertiary/aromatic N) is 2. The van der Waals surface area contributed by atoms with Gasteiger partial charge in [0.05, 0.1) is 24.8 Å². The van der Waals surface area contributed by atoms with Gasteiger partial charge in [-0.1, -0.05) is 6.07 Å². The maximum atomic E-state index is 11.8. The summed E-state index contributed by atoms with van der Waals surface area (Å²) in [5.74, 6) is 1.44. The molecule has 0 amide bonds. The number of hydrogen-bond acceptors (Lipinski definition) is 6. The Balaban J connectivity index is 2.00. The first-order valence-corrected chi connectivity index (χ1v) is 9.24. The molecule has 0 saturated carbocycles. The van der Waals surface area contributed by atoms with Crippen molar-refractivity contribution in [3.63, 3.8) is 0 Å². The zero-order chi connectivity index (χ0) is 17.4. The van der Waals surface area contributed by atoms with Gasteiger partial charge in [-0.05, 0) is 29.6 Å². The van der Waals surface area contributed by atoms with E-state index in [1.54, 1.807) is 25.6 Å². The van der Waals surface area contributed by atoms with Crippen LogP contribution < -0.4 is 9.47 Å². The van der Waals surface area contributed by atoms with E-state index in [9.17, 15) is 4.79 Å². The van der Waals surface area contributed by atoms with Crippen LogP contribution in [0, 0.1) is 0 Å². The van der Waals surface area contributed by atoms with Gasteiger partial charge in [-0.3, -0.25) is 9.20 Å². The van der Waals surface area contributed by atoms with Crippen molar-refractivity contribution >= 4 is 33.9 Å². The van der Waals surface area contributed by atoms with E-state index in [1.165, 1.54) is 11.3 Å². The van der Waals surface area contributed by atoms with Crippen molar-refractivity contribution in [1.29, 1.82) is 0 Å². The SMILES string of the molecule is COc1ccc(OC)c(-c2csc3nc(-c4cccs4)c(C=O)n23)c1. The molecule has 0 spiro atoms. The molecule has 0 atom stereocenters. The standard InChI is InChI=1S/C18H14N2O3S2/c1-22-11-5-6-15(23-2)12(8-11)14-10-25-18-19-17(13(9-21)20(14)18)16-4-3-7-24-16/h3-10H,1-2H3. The first kappa shape index (κ1) is 15.9. The fourth-order valence-corrected chi connectivity index (χ4v) is 4.40. The average Bonchev–Trinajstić information content (AvgIpc) is 3.36. The van der Waals surface area contributed by atoms with Gasteiger partial charge in [-0.2, -0.15) is 0 Å². The van der Waals surface area contributed by atoms with Crippen LogP contribution in [-0.2, 0) is 0 Å². The zero-order valence-electron chi connectivity index (χ0n) is 13.6. The number of thiazole rings is 1. The molecule has 0 radical (unpaired) electrons. The minimum atomic E-state index is 0.540. The lowest BCUT2D eigenvalue weighted by atomic mass is 10.1. The molecule has 1 aromatic carbocycles. The Hall–Kier alpha value is -2.64. The highest BCUT2D eigenvalue weighted by Crippen LogP contribution is 2.38. The van der Waals surface area contributed by atoms with Crippen LogP contribution in [-0.4, -0.2) is 29.9 Å². The maximum Gasteiger partial charge on any atom is 0.195 e. The van der Waals surface area contributed by atoms with Gasteiger partial charge >= 0.3 is 0 Å². The minimum absolute atomic E-state index is 0.540. The van der Waals surface area contributed by atoms with E-state index in [-0.39, 0.29) is 0 Å². The predicted molar refractivity (Wildman–Crippen MR) is 100 cm³/mol. The monoisotopic (exact) mass is 370 g/mol. The number of thiophene rings is 1. The van der Waals surface area contributed by atoms with Gasteiger partial charge in [0.15, 0.2) is 11.2 Å². The smallest absolute Gasteiger partial charge is 0.195 e. The van der Waals surface area contributed by atoms with E-state index in [0.29, 0.717) is 17.1 Å². The summed E-state index contributed by atoms with van der Waals surface area (Å²) in [5.41, 5.74) is 2.96. The van der Waals surface area contributed by atoms with Gasteiger partial charge in [0, 0.05) is 10.9 Å². The Labute approximate surface area is 152 Å². The van der Waals surface area contributed by atoms with Crippen molar-refractivity contribution in [3.05, 3.63) is 46.8 Å². The third-order valence-electron chi connectivity index (χ3n) is 3.95. The fourth-order valence-electron chi connectivity index (χ4n) is 2.79. The Kier molecular flexibility index (Phi) is 4.03. The van der Waals surface area contributed by atoms with Crippen LogP contribution in [0.25, 0.3) is 26.8 Å². The Morgan fingerprint density at radius 2 is 2.04 bits per heavy atom. The number of rotatable bonds is 5. The summed E-state index contributed by atoms with van der Waals surface area (Å²) in [7, 11) is 3.25. The highest BCUT2D eigenvalue weighted by molar-refractivity contribution is 7.15. The van der Waals surface area contributed by atoms with Crippen LogP contribution in [0.1, 0.15) is 10.5 Å². The number of benzene rings is 1. The highest BCUT2D eigenvalue weighted by Gasteiger charge is 2.21. The molecule has 0 saturated heterocycles. The number of imidazole rings is 1. The van der Waals surface area contributed by atoms with Crippen LogP contribution in [0.15, 0.2) is 41.1 Å². The van der Waals surface area contributed by atoms with Gasteiger partial charge in [-0.25, -0.2) is 4.98 Å². The second kappa shape index (κ2) is 6.34. The Morgan fingerprint density at radius 1 is 1.16 bits per heavy atom. The van der Waals surface area contributed by atoms with E-state index in [2.05, 4.69) is 4.98 Å². The summed E-state index contributed by atoms with van der Waals surface area (Å²) in [6, 6.07) is 9.52. The van der Waals surface area contributed by atoms with Crippen molar-refractivity contribution < 1.29 is 14.3 Å². The third kappa shape index (κ3) is 2.52. The molecule has 4 rings (SSSR count). The van der Waals surface area contributed by atoms with Gasteiger partial charge in [-0.15, -0.1) is 22.7 Å². The summed E-state index contributed by atoms with van der Waals surface area (Å²) in [6.07, 6.45) is 0.859. The second-order valence-electron chi connectivity index (χ2n) is 5.25. The normalized spacial score (nSPS) is 11.0. The molecule has 0 N–H and O–H groups in total. The predicted octanol–water partition coefficient (Wildman–Crippen LogP) is 4.62. The molecule has 4 aromatic rings. The largest absolute Gasteiger partial charge is 0.497 e. The molecule has 0 bridgehead atoms. The highest BCUT2D eigenvalue weighted by atomic mass is 32.1. The van der Waals surface area contributed by atoms with Gasteiger partial charge in [0.2, 0.25) is 0 Å². The number of carbonyl (C=O) groups excluding carboxylic acids is 1. The van der Waals surface area contributed by atoms with Crippen molar-refractivity contribution in [2.24, 2.45) is 0 Å². The maximum absolute atomic E-state index is 11.8. The van der Waals surface area contributed by atoms with Crippen molar-refractivity contribution in [2.75, 3.05) is 14.2 Å². The Bertz CT molecular complexity index is 1050. The van der Waals surface area contributed by atoms with Gasteiger partial charge in [0.25, 0.3) is 0 Å². The summed E-state index contributed by atoms with van der Waals surface area (Å²) in [5, 5.41) is 3.95. The summed E-state index contributed by atoms with van der Waals surface area (Å²) in [4.78, 5) is 18.3. The molecule has 7 heteroatoms. The van der Waals surface area contributed by atoms with E-state index < -0.39 is 0 Å². The average molecular weight is 370 g/mol. The minimum Gasteiger partial charge on any atom is -0.497 e. The summed E-state index contributed by atoms with van der Waals surface area (Å²) in [6.45, 7) is 0. The van der Waals surface area contributed by atoms with E-state index >= 15 is 0 Å². The molecule has 0 aliphatic carbocycles. The molecular formula is C18H14N2O3S2. The second-order valence-corrected chi connectivity index (χ2v) is 7.03. The first-order chi connectivity index (χ1) is 12.3. The van der Waals surface area contributed by atoms with E-state index in [4.69, 9.17) is 9.47 Å². The number of carbonyl (C=O) groups is 1. The van der Waals surface area contributed by atoms with Gasteiger partial charge in [0.1, 0.15) is 22.9 Å². The lowest BCUT2D eigenvalue weighted by Crippen LogP contribution is -1.96. The number of methoxy groups -OCH3 is 2. The number of fused-ring (bicyclic) bond motifs is 1. The van der Waals surface area contributed by atoms with Crippen LogP contribution in [0.4, 0.5) is 0 Å². The number of aldehydes is 1. The molecule has 5 nitrogen and oxygen atoms in total. The number of ether oxygens (including phenoxy) is 2. The van der Waals surface area contributed by atoms with Crippen LogP contribution in [0.5, 0.6) is 11.5 Å². The van der Waals surface area contributed by atoms with Crippen molar-refractivity contribution in [2.45, 2.75) is 0 Å². The lowest BCUT2D eigenvalue weighted by Gasteiger charge is -2.10. The number of hydrogen-bond donors (Lipinski definition) is 0. The van der Waals surface area contributed by atoms with Crippen LogP contribution in [0.2, 0.25) is 0 Å². The van der Waals surface area contributed by atoms with Crippen LogP contribution in [0.3, 0.4) is 0 Å². The lowest BCUT2D eigenvalue weighted by molar-refractivity contribution is 0.111. The molecule has 25 heavy (non-hydrogen) atoms. The van der Waals surface area contributed by atoms with Crippen molar-refractivity contribution in [3.8, 4) is 33.3 Å². The quantitative estimate of drug-likeness (QED) is 0.481. The van der Waals surface area contributed by atoms with Crippen LogP contribution >= 0.6 is 22.7 Å². The Morgan fingerprint density at radius 3 is 2.72 bits per heavy atom. The third-order valence-corrected chi connectivity index (χ3v) is 5.65. The molecule has 3 heterocycles. The fraction of sp³-hybridized carbons (Fsp3) is 0.111. The first-order valence-electron chi connectivity index (χ1n) is 7.48. The van der Waals surface area contributed by atoms with Gasteiger partial charge < -0.3 is 9.47 Å². The zero-order valence-corrected chi connectivity index (χ0v) is 15.2. The molecule has 0 aliphatic heterocycles. The molecule has 126 valence electrons. The topological polar surface area (TPSA) is 52.8 Å².